The predicted octanol–water partition coefficient (Wildman–Crippen LogP) is 2.39. The topological polar surface area (TPSA) is 15.8 Å². The third-order valence-corrected chi connectivity index (χ3v) is 9.34. The average Bonchev–Trinajstić information content (AvgIpc) is 3.20. The van der Waals surface area contributed by atoms with Gasteiger partial charge in [-0.05, 0) is 27.7 Å². The van der Waals surface area contributed by atoms with E-state index in [2.05, 4.69) is 108 Å². The van der Waals surface area contributed by atoms with E-state index in [1.54, 1.807) is 0 Å². The second-order valence-electron chi connectivity index (χ2n) is 5.93. The van der Waals surface area contributed by atoms with Crippen LogP contribution in [0.4, 0.5) is 0 Å². The highest BCUT2D eigenvalue weighted by Gasteiger charge is 2.42. The molecule has 1 aromatic heterocycles. The van der Waals surface area contributed by atoms with Crippen LogP contribution in [0, 0.1) is 0 Å². The average molecular weight is 325 g/mol. The lowest BCUT2D eigenvalue weighted by Gasteiger charge is -2.32. The number of aromatic nitrogens is 1. The lowest BCUT2D eigenvalue weighted by molar-refractivity contribution is 1.45. The van der Waals surface area contributed by atoms with Gasteiger partial charge in [-0.3, -0.25) is 0 Å². The van der Waals surface area contributed by atoms with Crippen molar-refractivity contribution in [2.24, 2.45) is 0 Å². The zero-order valence-electron chi connectivity index (χ0n) is 13.4. The number of aromatic amines is 1. The zero-order valence-corrected chi connectivity index (χ0v) is 14.4. The lowest BCUT2D eigenvalue weighted by Crippen LogP contribution is -2.75. The van der Waals surface area contributed by atoms with E-state index in [9.17, 15) is 0 Å². The van der Waals surface area contributed by atoms with Gasteiger partial charge in [-0.2, -0.15) is 0 Å². The second-order valence-corrected chi connectivity index (χ2v) is 9.70. The number of hydrogen-bond acceptors (Lipinski definition) is 0. The normalized spacial score (nSPS) is 11.3. The van der Waals surface area contributed by atoms with Crippen LogP contribution in [0.3, 0.4) is 0 Å². The van der Waals surface area contributed by atoms with Crippen molar-refractivity contribution in [2.75, 3.05) is 0 Å². The molecule has 3 aromatic carbocycles. The molecule has 0 amide bonds. The molecule has 0 radical (unpaired) electrons. The number of rotatable bonds is 4. The van der Waals surface area contributed by atoms with Gasteiger partial charge in [0.1, 0.15) is 0 Å². The summed E-state index contributed by atoms with van der Waals surface area (Å²) in [5, 5.41) is 5.49. The van der Waals surface area contributed by atoms with Crippen LogP contribution in [-0.2, 0) is 0 Å². The maximum Gasteiger partial charge on any atom is 0.198 e. The van der Waals surface area contributed by atoms with Crippen molar-refractivity contribution in [1.29, 1.82) is 0 Å². The van der Waals surface area contributed by atoms with E-state index in [1.807, 2.05) is 6.20 Å². The molecule has 1 N–H and O–H groups in total. The molecule has 4 rings (SSSR count). The van der Waals surface area contributed by atoms with E-state index >= 15 is 0 Å². The summed E-state index contributed by atoms with van der Waals surface area (Å²) in [7, 11) is -2.30. The molecule has 0 aliphatic heterocycles. The third-order valence-electron chi connectivity index (χ3n) is 4.62. The highest BCUT2D eigenvalue weighted by Crippen LogP contribution is 2.08. The van der Waals surface area contributed by atoms with Crippen LogP contribution in [0.1, 0.15) is 0 Å². The summed E-state index contributed by atoms with van der Waals surface area (Å²) in [5.74, 6) is 0. The van der Waals surface area contributed by atoms with Gasteiger partial charge in [-0.1, -0.05) is 91.0 Å². The summed E-state index contributed by atoms with van der Waals surface area (Å²) in [6.45, 7) is 0. The predicted molar refractivity (Wildman–Crippen MR) is 104 cm³/mol. The molecule has 0 saturated carbocycles. The summed E-state index contributed by atoms with van der Waals surface area (Å²) in [6, 6.07) is 37.1. The fourth-order valence-corrected chi connectivity index (χ4v) is 8.25. The Bertz CT molecular complexity index is 788. The van der Waals surface area contributed by atoms with Crippen molar-refractivity contribution in [3.05, 3.63) is 109 Å². The minimum atomic E-state index is -2.30. The van der Waals surface area contributed by atoms with E-state index in [1.165, 1.54) is 20.9 Å². The van der Waals surface area contributed by atoms with Crippen LogP contribution in [0.25, 0.3) is 0 Å². The first-order chi connectivity index (χ1) is 11.9. The van der Waals surface area contributed by atoms with E-state index in [-0.39, 0.29) is 0 Å². The van der Waals surface area contributed by atoms with Gasteiger partial charge in [0, 0.05) is 11.5 Å². The van der Waals surface area contributed by atoms with Crippen molar-refractivity contribution < 1.29 is 0 Å². The first kappa shape index (κ1) is 14.7. The van der Waals surface area contributed by atoms with E-state index < -0.39 is 8.07 Å². The molecule has 1 heterocycles. The maximum atomic E-state index is 3.54. The SMILES string of the molecule is c1ccc([Si](c2ccccc2)(c2ccccc2)c2ccc[nH]2)cc1. The summed E-state index contributed by atoms with van der Waals surface area (Å²) in [5.41, 5.74) is 0. The molecule has 1 nitrogen and oxygen atoms in total. The van der Waals surface area contributed by atoms with Crippen molar-refractivity contribution in [1.82, 2.24) is 4.98 Å². The minimum Gasteiger partial charge on any atom is -0.368 e. The number of nitrogens with one attached hydrogen (secondary N) is 1. The van der Waals surface area contributed by atoms with Crippen molar-refractivity contribution in [3.63, 3.8) is 0 Å². The smallest absolute Gasteiger partial charge is 0.198 e. The summed E-state index contributed by atoms with van der Waals surface area (Å²) in [4.78, 5) is 3.54. The Morgan fingerprint density at radius 3 is 1.21 bits per heavy atom. The fraction of sp³-hybridized carbons (Fsp3) is 0. The van der Waals surface area contributed by atoms with Gasteiger partial charge in [-0.25, -0.2) is 0 Å². The van der Waals surface area contributed by atoms with Crippen molar-refractivity contribution in [2.45, 2.75) is 0 Å². The Hall–Kier alpha value is -2.84. The molecule has 0 aliphatic carbocycles. The largest absolute Gasteiger partial charge is 0.368 e. The Morgan fingerprint density at radius 2 is 0.875 bits per heavy atom. The molecule has 2 heteroatoms. The zero-order chi connectivity index (χ0) is 16.2. The van der Waals surface area contributed by atoms with Crippen molar-refractivity contribution >= 4 is 29.0 Å². The van der Waals surface area contributed by atoms with Crippen LogP contribution in [0.2, 0.25) is 0 Å². The molecule has 0 unspecified atom stereocenters. The molecular formula is C22H19NSi. The molecule has 0 bridgehead atoms. The molecule has 0 saturated heterocycles. The lowest BCUT2D eigenvalue weighted by atomic mass is 10.3. The summed E-state index contributed by atoms with van der Waals surface area (Å²) >= 11 is 0. The minimum absolute atomic E-state index is 1.31. The number of hydrogen-bond donors (Lipinski definition) is 1. The van der Waals surface area contributed by atoms with Gasteiger partial charge in [0.25, 0.3) is 0 Å². The van der Waals surface area contributed by atoms with E-state index in [0.29, 0.717) is 0 Å². The molecule has 0 spiro atoms. The van der Waals surface area contributed by atoms with Crippen molar-refractivity contribution in [3.8, 4) is 0 Å². The Balaban J connectivity index is 2.12. The van der Waals surface area contributed by atoms with Gasteiger partial charge in [0.2, 0.25) is 0 Å². The van der Waals surface area contributed by atoms with Gasteiger partial charge in [0.05, 0.1) is 0 Å². The molecule has 0 aliphatic rings. The molecule has 0 fully saturated rings. The highest BCUT2D eigenvalue weighted by molar-refractivity contribution is 7.19. The van der Waals surface area contributed by atoms with Crippen LogP contribution in [0.15, 0.2) is 109 Å². The molecule has 24 heavy (non-hydrogen) atoms. The van der Waals surface area contributed by atoms with Gasteiger partial charge in [0.15, 0.2) is 8.07 Å². The molecule has 116 valence electrons. The maximum absolute atomic E-state index is 3.54. The third kappa shape index (κ3) is 2.32. The summed E-state index contributed by atoms with van der Waals surface area (Å²) < 4.78 is 0. The van der Waals surface area contributed by atoms with Crippen LogP contribution >= 0.6 is 0 Å². The van der Waals surface area contributed by atoms with Crippen LogP contribution in [-0.4, -0.2) is 13.1 Å². The Kier molecular flexibility index (Phi) is 3.89. The first-order valence-electron chi connectivity index (χ1n) is 8.23. The van der Waals surface area contributed by atoms with E-state index in [0.717, 1.165) is 0 Å². The number of benzene rings is 3. The Morgan fingerprint density at radius 1 is 0.458 bits per heavy atom. The monoisotopic (exact) mass is 325 g/mol. The molecule has 0 atom stereocenters. The second kappa shape index (κ2) is 6.34. The standard InChI is InChI=1S/C22H19NSi/c1-4-11-19(12-5-1)24(22-17-10-18-23-22,20-13-6-2-7-14-20)21-15-8-3-9-16-21/h1-18,23H. The highest BCUT2D eigenvalue weighted by atomic mass is 28.3. The summed E-state index contributed by atoms with van der Waals surface area (Å²) in [6.07, 6.45) is 2.03. The van der Waals surface area contributed by atoms with Crippen LogP contribution < -0.4 is 20.9 Å². The first-order valence-corrected chi connectivity index (χ1v) is 10.2. The van der Waals surface area contributed by atoms with E-state index in [4.69, 9.17) is 0 Å². The van der Waals surface area contributed by atoms with Gasteiger partial charge < -0.3 is 4.98 Å². The fourth-order valence-electron chi connectivity index (χ4n) is 3.59. The molecule has 4 aromatic rings. The van der Waals surface area contributed by atoms with Crippen LogP contribution in [0.5, 0.6) is 0 Å². The Labute approximate surface area is 143 Å². The van der Waals surface area contributed by atoms with Gasteiger partial charge >= 0.3 is 0 Å². The van der Waals surface area contributed by atoms with Gasteiger partial charge in [-0.15, -0.1) is 0 Å². The molecular weight excluding hydrogens is 306 g/mol. The number of H-pyrrole nitrogens is 1. The quantitative estimate of drug-likeness (QED) is 0.438.